The molecular formula is C11H12OS2. The van der Waals surface area contributed by atoms with Crippen molar-refractivity contribution in [2.24, 2.45) is 5.92 Å². The number of hydrogen-bond acceptors (Lipinski definition) is 3. The van der Waals surface area contributed by atoms with Gasteiger partial charge in [-0.3, -0.25) is 4.79 Å². The normalized spacial score (nSPS) is 12.1. The van der Waals surface area contributed by atoms with Gasteiger partial charge in [0.05, 0.1) is 10.1 Å². The summed E-state index contributed by atoms with van der Waals surface area (Å²) in [6.07, 6.45) is 1.90. The summed E-state index contributed by atoms with van der Waals surface area (Å²) in [7, 11) is 0. The van der Waals surface area contributed by atoms with E-state index in [0.29, 0.717) is 0 Å². The predicted octanol–water partition coefficient (Wildman–Crippen LogP) is 3.20. The Morgan fingerprint density at radius 1 is 1.36 bits per heavy atom. The standard InChI is InChI=1S/C11H12OS2/c1-8(11(13)14-2)10(12)9-6-4-3-5-7-9/h3-8H,1-2H3. The Bertz CT molecular complexity index is 332. The predicted molar refractivity (Wildman–Crippen MR) is 66.0 cm³/mol. The maximum Gasteiger partial charge on any atom is 0.171 e. The van der Waals surface area contributed by atoms with Crippen molar-refractivity contribution in [3.63, 3.8) is 0 Å². The van der Waals surface area contributed by atoms with E-state index in [2.05, 4.69) is 0 Å². The van der Waals surface area contributed by atoms with Gasteiger partial charge in [0.2, 0.25) is 0 Å². The van der Waals surface area contributed by atoms with Gasteiger partial charge in [-0.05, 0) is 13.2 Å². The van der Waals surface area contributed by atoms with E-state index in [4.69, 9.17) is 12.2 Å². The third kappa shape index (κ3) is 2.66. The van der Waals surface area contributed by atoms with Crippen LogP contribution in [0, 0.1) is 5.92 Å². The number of Topliss-reactive ketones (excluding diaryl/α,β-unsaturated/α-hetero) is 1. The number of thiocarbonyl (C=S) groups is 1. The fourth-order valence-corrected chi connectivity index (χ4v) is 1.70. The second kappa shape index (κ2) is 5.27. The topological polar surface area (TPSA) is 17.1 Å². The Morgan fingerprint density at radius 2 is 1.93 bits per heavy atom. The van der Waals surface area contributed by atoms with Gasteiger partial charge in [-0.1, -0.05) is 42.5 Å². The van der Waals surface area contributed by atoms with Crippen LogP contribution >= 0.6 is 24.0 Å². The summed E-state index contributed by atoms with van der Waals surface area (Å²) in [5.41, 5.74) is 0.733. The van der Waals surface area contributed by atoms with Crippen molar-refractivity contribution in [2.45, 2.75) is 6.92 Å². The van der Waals surface area contributed by atoms with Crippen molar-refractivity contribution in [2.75, 3.05) is 6.26 Å². The van der Waals surface area contributed by atoms with Gasteiger partial charge in [-0.2, -0.15) is 0 Å². The van der Waals surface area contributed by atoms with Gasteiger partial charge in [0.1, 0.15) is 0 Å². The van der Waals surface area contributed by atoms with Crippen molar-refractivity contribution in [1.29, 1.82) is 0 Å². The summed E-state index contributed by atoms with van der Waals surface area (Å²) in [5.74, 6) is -0.0765. The minimum absolute atomic E-state index is 0.102. The number of carbonyl (C=O) groups excluding carboxylic acids is 1. The average molecular weight is 224 g/mol. The van der Waals surface area contributed by atoms with Crippen molar-refractivity contribution >= 4 is 34.0 Å². The molecule has 0 spiro atoms. The Labute approximate surface area is 93.9 Å². The summed E-state index contributed by atoms with van der Waals surface area (Å²) >= 11 is 6.56. The Kier molecular flexibility index (Phi) is 4.29. The Hall–Kier alpha value is -0.670. The minimum Gasteiger partial charge on any atom is -0.293 e. The summed E-state index contributed by atoms with van der Waals surface area (Å²) in [4.78, 5) is 11.8. The zero-order valence-electron chi connectivity index (χ0n) is 8.19. The molecule has 0 saturated carbocycles. The monoisotopic (exact) mass is 224 g/mol. The number of ketones is 1. The molecule has 0 heterocycles. The average Bonchev–Trinajstić information content (AvgIpc) is 2.27. The number of thioether (sulfide) groups is 1. The molecule has 1 aromatic carbocycles. The van der Waals surface area contributed by atoms with Crippen molar-refractivity contribution < 1.29 is 4.79 Å². The van der Waals surface area contributed by atoms with Gasteiger partial charge in [-0.25, -0.2) is 0 Å². The van der Waals surface area contributed by atoms with Crippen LogP contribution in [0.3, 0.4) is 0 Å². The highest BCUT2D eigenvalue weighted by atomic mass is 32.2. The summed E-state index contributed by atoms with van der Waals surface area (Å²) < 4.78 is 0.749. The van der Waals surface area contributed by atoms with E-state index < -0.39 is 0 Å². The number of benzene rings is 1. The first-order chi connectivity index (χ1) is 6.66. The maximum absolute atomic E-state index is 11.8. The Balaban J connectivity index is 2.81. The van der Waals surface area contributed by atoms with Gasteiger partial charge in [0, 0.05) is 5.56 Å². The molecule has 0 aliphatic rings. The molecule has 0 aliphatic carbocycles. The Morgan fingerprint density at radius 3 is 2.43 bits per heavy atom. The van der Waals surface area contributed by atoms with Crippen LogP contribution in [-0.4, -0.2) is 16.2 Å². The van der Waals surface area contributed by atoms with Gasteiger partial charge in [-0.15, -0.1) is 11.8 Å². The van der Waals surface area contributed by atoms with Crippen molar-refractivity contribution in [1.82, 2.24) is 0 Å². The first kappa shape index (κ1) is 11.4. The third-order valence-electron chi connectivity index (χ3n) is 2.01. The highest BCUT2D eigenvalue weighted by molar-refractivity contribution is 8.22. The van der Waals surface area contributed by atoms with E-state index in [0.717, 1.165) is 9.76 Å². The lowest BCUT2D eigenvalue weighted by Crippen LogP contribution is -2.17. The van der Waals surface area contributed by atoms with E-state index in [-0.39, 0.29) is 11.7 Å². The second-order valence-corrected chi connectivity index (χ2v) is 4.52. The van der Waals surface area contributed by atoms with Gasteiger partial charge >= 0.3 is 0 Å². The number of hydrogen-bond donors (Lipinski definition) is 0. The van der Waals surface area contributed by atoms with Crippen LogP contribution in [0.15, 0.2) is 30.3 Å². The molecule has 0 amide bonds. The van der Waals surface area contributed by atoms with E-state index in [1.807, 2.05) is 43.5 Å². The molecule has 0 N–H and O–H groups in total. The second-order valence-electron chi connectivity index (χ2n) is 2.98. The van der Waals surface area contributed by atoms with Crippen LogP contribution in [-0.2, 0) is 0 Å². The lowest BCUT2D eigenvalue weighted by molar-refractivity contribution is 0.0963. The fourth-order valence-electron chi connectivity index (χ4n) is 1.14. The van der Waals surface area contributed by atoms with Crippen LogP contribution in [0.25, 0.3) is 0 Å². The van der Waals surface area contributed by atoms with Crippen molar-refractivity contribution in [3.8, 4) is 0 Å². The molecule has 14 heavy (non-hydrogen) atoms. The molecular weight excluding hydrogens is 212 g/mol. The molecule has 0 aromatic heterocycles. The lowest BCUT2D eigenvalue weighted by Gasteiger charge is -2.09. The van der Waals surface area contributed by atoms with Crippen LogP contribution in [0.4, 0.5) is 0 Å². The van der Waals surface area contributed by atoms with E-state index in [9.17, 15) is 4.79 Å². The van der Waals surface area contributed by atoms with Crippen LogP contribution < -0.4 is 0 Å². The first-order valence-corrected chi connectivity index (χ1v) is 5.97. The fraction of sp³-hybridized carbons (Fsp3) is 0.273. The SMILES string of the molecule is CSC(=S)C(C)C(=O)c1ccccc1. The van der Waals surface area contributed by atoms with Crippen molar-refractivity contribution in [3.05, 3.63) is 35.9 Å². The molecule has 0 saturated heterocycles. The quantitative estimate of drug-likeness (QED) is 0.580. The zero-order chi connectivity index (χ0) is 10.6. The molecule has 3 heteroatoms. The number of rotatable bonds is 3. The van der Waals surface area contributed by atoms with E-state index in [1.165, 1.54) is 11.8 Å². The van der Waals surface area contributed by atoms with E-state index >= 15 is 0 Å². The highest BCUT2D eigenvalue weighted by Crippen LogP contribution is 2.15. The number of carbonyl (C=O) groups is 1. The minimum atomic E-state index is -0.178. The largest absolute Gasteiger partial charge is 0.293 e. The molecule has 1 unspecified atom stereocenters. The molecule has 1 aromatic rings. The summed E-state index contributed by atoms with van der Waals surface area (Å²) in [6, 6.07) is 9.27. The molecule has 74 valence electrons. The molecule has 1 rings (SSSR count). The lowest BCUT2D eigenvalue weighted by atomic mass is 10.0. The molecule has 1 atom stereocenters. The summed E-state index contributed by atoms with van der Waals surface area (Å²) in [5, 5.41) is 0. The molecule has 0 fully saturated rings. The molecule has 0 aliphatic heterocycles. The van der Waals surface area contributed by atoms with Crippen LogP contribution in [0.5, 0.6) is 0 Å². The molecule has 1 nitrogen and oxygen atoms in total. The first-order valence-electron chi connectivity index (χ1n) is 4.34. The summed E-state index contributed by atoms with van der Waals surface area (Å²) in [6.45, 7) is 1.86. The smallest absolute Gasteiger partial charge is 0.171 e. The molecule has 0 bridgehead atoms. The maximum atomic E-state index is 11.8. The van der Waals surface area contributed by atoms with Crippen LogP contribution in [0.1, 0.15) is 17.3 Å². The highest BCUT2D eigenvalue weighted by Gasteiger charge is 2.18. The third-order valence-corrected chi connectivity index (χ3v) is 3.62. The van der Waals surface area contributed by atoms with Crippen LogP contribution in [0.2, 0.25) is 0 Å². The van der Waals surface area contributed by atoms with Gasteiger partial charge < -0.3 is 0 Å². The van der Waals surface area contributed by atoms with Gasteiger partial charge in [0.25, 0.3) is 0 Å². The zero-order valence-corrected chi connectivity index (χ0v) is 9.82. The van der Waals surface area contributed by atoms with Gasteiger partial charge in [0.15, 0.2) is 5.78 Å². The molecule has 0 radical (unpaired) electrons. The van der Waals surface area contributed by atoms with E-state index in [1.54, 1.807) is 0 Å².